The van der Waals surface area contributed by atoms with Gasteiger partial charge in [-0.25, -0.2) is 0 Å². The lowest BCUT2D eigenvalue weighted by Gasteiger charge is -2.36. The molecule has 0 aliphatic carbocycles. The predicted molar refractivity (Wildman–Crippen MR) is 97.8 cm³/mol. The molecule has 1 amide bonds. The largest absolute Gasteiger partial charge is 0.367 e. The molecule has 3 nitrogen and oxygen atoms in total. The summed E-state index contributed by atoms with van der Waals surface area (Å²) in [5, 5.41) is 0. The van der Waals surface area contributed by atoms with Gasteiger partial charge in [-0.15, -0.1) is 0 Å². The number of halogens is 1. The zero-order valence-corrected chi connectivity index (χ0v) is 14.9. The average molecular weight is 373 g/mol. The molecule has 1 heterocycles. The van der Waals surface area contributed by atoms with Crippen molar-refractivity contribution < 1.29 is 4.79 Å². The van der Waals surface area contributed by atoms with Crippen molar-refractivity contribution in [2.24, 2.45) is 0 Å². The fourth-order valence-electron chi connectivity index (χ4n) is 2.90. The van der Waals surface area contributed by atoms with Gasteiger partial charge in [-0.1, -0.05) is 42.0 Å². The third-order valence-corrected chi connectivity index (χ3v) is 4.97. The fourth-order valence-corrected chi connectivity index (χ4v) is 3.43. The van der Waals surface area contributed by atoms with E-state index < -0.39 is 0 Å². The molecule has 1 saturated heterocycles. The smallest absolute Gasteiger partial charge is 0.227 e. The summed E-state index contributed by atoms with van der Waals surface area (Å²) in [6, 6.07) is 16.5. The summed E-state index contributed by atoms with van der Waals surface area (Å²) >= 11 is 3.60. The van der Waals surface area contributed by atoms with Gasteiger partial charge in [0.05, 0.1) is 12.1 Å². The van der Waals surface area contributed by atoms with Crippen LogP contribution in [0.15, 0.2) is 53.0 Å². The van der Waals surface area contributed by atoms with E-state index in [-0.39, 0.29) is 5.91 Å². The first-order chi connectivity index (χ1) is 11.1. The van der Waals surface area contributed by atoms with Crippen molar-refractivity contribution in [3.63, 3.8) is 0 Å². The van der Waals surface area contributed by atoms with Gasteiger partial charge in [0.2, 0.25) is 5.91 Å². The summed E-state index contributed by atoms with van der Waals surface area (Å²) < 4.78 is 1.11. The van der Waals surface area contributed by atoms with Gasteiger partial charge in [0.25, 0.3) is 0 Å². The van der Waals surface area contributed by atoms with Crippen molar-refractivity contribution in [3.8, 4) is 0 Å². The van der Waals surface area contributed by atoms with Gasteiger partial charge in [0, 0.05) is 30.7 Å². The Labute approximate surface area is 146 Å². The van der Waals surface area contributed by atoms with E-state index in [2.05, 4.69) is 58.1 Å². The summed E-state index contributed by atoms with van der Waals surface area (Å²) in [7, 11) is 0. The van der Waals surface area contributed by atoms with Crippen molar-refractivity contribution in [1.29, 1.82) is 0 Å². The zero-order valence-electron chi connectivity index (χ0n) is 13.3. The first-order valence-electron chi connectivity index (χ1n) is 7.96. The van der Waals surface area contributed by atoms with E-state index in [0.29, 0.717) is 6.42 Å². The van der Waals surface area contributed by atoms with E-state index in [1.165, 1.54) is 11.3 Å². The van der Waals surface area contributed by atoms with Crippen LogP contribution >= 0.6 is 15.9 Å². The normalized spacial score (nSPS) is 14.9. The molecule has 0 aromatic heterocycles. The molecule has 1 fully saturated rings. The molecule has 120 valence electrons. The van der Waals surface area contributed by atoms with Crippen molar-refractivity contribution >= 4 is 27.5 Å². The molecule has 0 saturated carbocycles. The number of nitrogens with zero attached hydrogens (tertiary/aromatic N) is 2. The Balaban J connectivity index is 1.57. The van der Waals surface area contributed by atoms with E-state index in [0.717, 1.165) is 36.2 Å². The molecule has 0 unspecified atom stereocenters. The third-order valence-electron chi connectivity index (χ3n) is 4.30. The van der Waals surface area contributed by atoms with Gasteiger partial charge >= 0.3 is 0 Å². The Bertz CT molecular complexity index is 676. The first kappa shape index (κ1) is 16.1. The monoisotopic (exact) mass is 372 g/mol. The summed E-state index contributed by atoms with van der Waals surface area (Å²) in [6.07, 6.45) is 0.495. The van der Waals surface area contributed by atoms with Crippen LogP contribution in [0.3, 0.4) is 0 Å². The molecule has 3 rings (SSSR count). The number of benzene rings is 2. The zero-order chi connectivity index (χ0) is 16.2. The number of carbonyl (C=O) groups is 1. The number of anilines is 1. The maximum absolute atomic E-state index is 12.5. The summed E-state index contributed by atoms with van der Waals surface area (Å²) in [5.41, 5.74) is 3.52. The van der Waals surface area contributed by atoms with E-state index in [1.807, 2.05) is 23.1 Å². The third kappa shape index (κ3) is 3.94. The molecular weight excluding hydrogens is 352 g/mol. The average Bonchev–Trinajstić information content (AvgIpc) is 2.57. The van der Waals surface area contributed by atoms with Crippen LogP contribution in [0, 0.1) is 6.92 Å². The molecule has 4 heteroatoms. The number of para-hydroxylation sites is 1. The summed E-state index contributed by atoms with van der Waals surface area (Å²) in [6.45, 7) is 5.38. The first-order valence-corrected chi connectivity index (χ1v) is 8.75. The maximum Gasteiger partial charge on any atom is 0.227 e. The second kappa shape index (κ2) is 7.18. The van der Waals surface area contributed by atoms with Gasteiger partial charge in [-0.2, -0.15) is 0 Å². The molecule has 2 aromatic rings. The topological polar surface area (TPSA) is 23.6 Å². The van der Waals surface area contributed by atoms with Crippen LogP contribution in [-0.2, 0) is 11.2 Å². The van der Waals surface area contributed by atoms with Crippen molar-refractivity contribution in [3.05, 3.63) is 64.1 Å². The molecule has 0 N–H and O–H groups in total. The molecule has 0 spiro atoms. The lowest BCUT2D eigenvalue weighted by Crippen LogP contribution is -2.49. The minimum Gasteiger partial charge on any atom is -0.367 e. The van der Waals surface area contributed by atoms with Crippen LogP contribution in [0.5, 0.6) is 0 Å². The highest BCUT2D eigenvalue weighted by Crippen LogP contribution is 2.26. The SMILES string of the molecule is Cc1ccc(CC(=O)N2CCN(c3ccccc3Br)CC2)cc1. The lowest BCUT2D eigenvalue weighted by atomic mass is 10.1. The lowest BCUT2D eigenvalue weighted by molar-refractivity contribution is -0.130. The summed E-state index contributed by atoms with van der Waals surface area (Å²) in [5.74, 6) is 0.223. The standard InChI is InChI=1S/C19H21BrN2O/c1-15-6-8-16(9-7-15)14-19(23)22-12-10-21(11-13-22)18-5-3-2-4-17(18)20/h2-9H,10-14H2,1H3. The van der Waals surface area contributed by atoms with Crippen molar-refractivity contribution in [2.45, 2.75) is 13.3 Å². The Morgan fingerprint density at radius 3 is 2.30 bits per heavy atom. The fraction of sp³-hybridized carbons (Fsp3) is 0.316. The molecule has 0 atom stereocenters. The van der Waals surface area contributed by atoms with Crippen LogP contribution in [0.4, 0.5) is 5.69 Å². The van der Waals surface area contributed by atoms with Gasteiger partial charge in [0.15, 0.2) is 0 Å². The predicted octanol–water partition coefficient (Wildman–Crippen LogP) is 3.65. The van der Waals surface area contributed by atoms with Crippen LogP contribution in [0.25, 0.3) is 0 Å². The number of piperazine rings is 1. The quantitative estimate of drug-likeness (QED) is 0.820. The summed E-state index contributed by atoms with van der Waals surface area (Å²) in [4.78, 5) is 16.8. The number of hydrogen-bond donors (Lipinski definition) is 0. The minimum absolute atomic E-state index is 0.223. The highest BCUT2D eigenvalue weighted by molar-refractivity contribution is 9.10. The minimum atomic E-state index is 0.223. The van der Waals surface area contributed by atoms with E-state index >= 15 is 0 Å². The van der Waals surface area contributed by atoms with E-state index in [9.17, 15) is 4.79 Å². The van der Waals surface area contributed by atoms with E-state index in [1.54, 1.807) is 0 Å². The van der Waals surface area contributed by atoms with Gasteiger partial charge in [-0.05, 0) is 40.5 Å². The molecule has 1 aliphatic heterocycles. The molecular formula is C19H21BrN2O. The highest BCUT2D eigenvalue weighted by Gasteiger charge is 2.22. The van der Waals surface area contributed by atoms with Crippen LogP contribution < -0.4 is 4.90 Å². The molecule has 23 heavy (non-hydrogen) atoms. The van der Waals surface area contributed by atoms with Gasteiger partial charge in [-0.3, -0.25) is 4.79 Å². The van der Waals surface area contributed by atoms with Crippen molar-refractivity contribution in [1.82, 2.24) is 4.90 Å². The van der Waals surface area contributed by atoms with E-state index in [4.69, 9.17) is 0 Å². The van der Waals surface area contributed by atoms with Gasteiger partial charge < -0.3 is 9.80 Å². The molecule has 1 aliphatic rings. The second-order valence-electron chi connectivity index (χ2n) is 5.98. The maximum atomic E-state index is 12.5. The number of carbonyl (C=O) groups excluding carboxylic acids is 1. The van der Waals surface area contributed by atoms with Crippen LogP contribution in [0.2, 0.25) is 0 Å². The van der Waals surface area contributed by atoms with Crippen LogP contribution in [-0.4, -0.2) is 37.0 Å². The molecule has 0 radical (unpaired) electrons. The van der Waals surface area contributed by atoms with Crippen molar-refractivity contribution in [2.75, 3.05) is 31.1 Å². The number of aryl methyl sites for hydroxylation is 1. The Morgan fingerprint density at radius 2 is 1.65 bits per heavy atom. The Kier molecular flexibility index (Phi) is 5.01. The number of hydrogen-bond acceptors (Lipinski definition) is 2. The van der Waals surface area contributed by atoms with Gasteiger partial charge in [0.1, 0.15) is 0 Å². The number of rotatable bonds is 3. The highest BCUT2D eigenvalue weighted by atomic mass is 79.9. The van der Waals surface area contributed by atoms with Crippen LogP contribution in [0.1, 0.15) is 11.1 Å². The second-order valence-corrected chi connectivity index (χ2v) is 6.84. The number of amides is 1. The molecule has 2 aromatic carbocycles. The Hall–Kier alpha value is -1.81. The molecule has 0 bridgehead atoms. The Morgan fingerprint density at radius 1 is 1.00 bits per heavy atom.